The van der Waals surface area contributed by atoms with Crippen LogP contribution in [-0.2, 0) is 27.3 Å². The summed E-state index contributed by atoms with van der Waals surface area (Å²) in [6.45, 7) is 4.59. The van der Waals surface area contributed by atoms with Gasteiger partial charge in [0, 0.05) is 64.0 Å². The van der Waals surface area contributed by atoms with Crippen molar-refractivity contribution in [1.29, 1.82) is 0 Å². The van der Waals surface area contributed by atoms with Gasteiger partial charge in [0.2, 0.25) is 5.78 Å². The van der Waals surface area contributed by atoms with E-state index < -0.39 is 58.0 Å². The Morgan fingerprint density at radius 2 is 1.73 bits per heavy atom. The fraction of sp³-hybridized carbons (Fsp3) is 0.500. The van der Waals surface area contributed by atoms with Crippen LogP contribution in [0.3, 0.4) is 0 Å². The molecule has 258 valence electrons. The second kappa shape index (κ2) is 12.3. The molecule has 14 nitrogen and oxygen atoms in total. The second-order valence-electron chi connectivity index (χ2n) is 13.6. The predicted octanol–water partition coefficient (Wildman–Crippen LogP) is 0.400. The van der Waals surface area contributed by atoms with Crippen LogP contribution in [0, 0.1) is 11.8 Å². The largest absolute Gasteiger partial charge is 0.508 e. The lowest BCUT2D eigenvalue weighted by atomic mass is 9.57. The summed E-state index contributed by atoms with van der Waals surface area (Å²) in [6.07, 6.45) is 0.193. The van der Waals surface area contributed by atoms with Crippen LogP contribution in [-0.4, -0.2) is 137 Å². The van der Waals surface area contributed by atoms with Crippen LogP contribution in [0.25, 0.3) is 17.1 Å². The number of amides is 1. The number of Topliss-reactive ketones (excluding diaryl/α,β-unsaturated/α-hetero) is 2. The molecule has 4 aliphatic rings. The van der Waals surface area contributed by atoms with Gasteiger partial charge in [0.1, 0.15) is 34.4 Å². The quantitative estimate of drug-likeness (QED) is 0.212. The van der Waals surface area contributed by atoms with Gasteiger partial charge in [-0.3, -0.25) is 29.1 Å². The molecule has 48 heavy (non-hydrogen) atoms. The smallest absolute Gasteiger partial charge is 0.255 e. The van der Waals surface area contributed by atoms with Gasteiger partial charge in [-0.2, -0.15) is 0 Å². The van der Waals surface area contributed by atoms with E-state index >= 15 is 0 Å². The first-order valence-electron chi connectivity index (χ1n) is 16.1. The number of anilines is 1. The minimum atomic E-state index is -2.71. The predicted molar refractivity (Wildman–Crippen MR) is 175 cm³/mol. The number of rotatable bonds is 8. The number of aliphatic hydroxyl groups is 4. The van der Waals surface area contributed by atoms with Crippen LogP contribution in [0.2, 0.25) is 0 Å². The van der Waals surface area contributed by atoms with E-state index in [1.165, 1.54) is 4.90 Å². The number of likely N-dealkylation sites (N-methyl/N-ethyl adjacent to an activating group) is 1. The number of hydrogen-bond donors (Lipinski definition) is 6. The van der Waals surface area contributed by atoms with Gasteiger partial charge in [-0.25, -0.2) is 0 Å². The number of β-amino-alcohol motifs (C(OH)–C–C–N with tert-alkyl or cyclic N) is 1. The zero-order chi connectivity index (χ0) is 34.8. The average Bonchev–Trinajstić information content (AvgIpc) is 3.47. The van der Waals surface area contributed by atoms with Crippen molar-refractivity contribution in [2.45, 2.75) is 31.0 Å². The van der Waals surface area contributed by atoms with Gasteiger partial charge >= 0.3 is 0 Å². The number of carbonyl (C=O) groups excluding carboxylic acids is 3. The van der Waals surface area contributed by atoms with Crippen LogP contribution in [0.1, 0.15) is 23.3 Å². The molecular weight excluding hydrogens is 622 g/mol. The number of fused-ring (bicyclic) bond motifs is 3. The maximum atomic E-state index is 14.2. The Labute approximate surface area is 277 Å². The molecule has 1 saturated heterocycles. The molecule has 2 aromatic rings. The molecule has 2 heterocycles. The van der Waals surface area contributed by atoms with Crippen molar-refractivity contribution < 1.29 is 44.3 Å². The first-order valence-corrected chi connectivity index (χ1v) is 16.1. The zero-order valence-electron chi connectivity index (χ0n) is 27.6. The first-order chi connectivity index (χ1) is 22.7. The van der Waals surface area contributed by atoms with E-state index in [0.717, 1.165) is 26.2 Å². The summed E-state index contributed by atoms with van der Waals surface area (Å²) in [5, 5.41) is 55.8. The Kier molecular flexibility index (Phi) is 8.67. The summed E-state index contributed by atoms with van der Waals surface area (Å²) < 4.78 is 6.20. The molecule has 1 aromatic heterocycles. The zero-order valence-corrected chi connectivity index (χ0v) is 27.6. The number of aromatic hydroxyl groups is 1. The summed E-state index contributed by atoms with van der Waals surface area (Å²) in [5.74, 6) is -5.91. The minimum absolute atomic E-state index is 0.00504. The number of nitrogens with two attached hydrogens (primary N) is 1. The van der Waals surface area contributed by atoms with Gasteiger partial charge in [0.15, 0.2) is 11.4 Å². The third-order valence-electron chi connectivity index (χ3n) is 10.4. The average molecular weight is 666 g/mol. The van der Waals surface area contributed by atoms with Crippen molar-refractivity contribution >= 4 is 28.9 Å². The van der Waals surface area contributed by atoms with Crippen molar-refractivity contribution in [1.82, 2.24) is 14.7 Å². The van der Waals surface area contributed by atoms with Gasteiger partial charge < -0.3 is 40.6 Å². The topological polar surface area (TPSA) is 204 Å². The monoisotopic (exact) mass is 665 g/mol. The molecule has 3 aliphatic carbocycles. The number of nitrogens with zero attached hydrogens (tertiary/aromatic N) is 4. The van der Waals surface area contributed by atoms with E-state index in [1.54, 1.807) is 26.2 Å². The summed E-state index contributed by atoms with van der Waals surface area (Å²) in [6, 6.07) is 4.19. The molecule has 6 rings (SSSR count). The van der Waals surface area contributed by atoms with Gasteiger partial charge in [-0.15, -0.1) is 0 Å². The van der Waals surface area contributed by atoms with E-state index in [2.05, 4.69) is 9.80 Å². The molecule has 1 saturated carbocycles. The van der Waals surface area contributed by atoms with Crippen molar-refractivity contribution in [3.8, 4) is 17.1 Å². The highest BCUT2D eigenvalue weighted by Crippen LogP contribution is 2.55. The highest BCUT2D eigenvalue weighted by atomic mass is 16.4. The highest BCUT2D eigenvalue weighted by Gasteiger charge is 2.64. The van der Waals surface area contributed by atoms with Crippen LogP contribution >= 0.6 is 0 Å². The third kappa shape index (κ3) is 5.19. The fourth-order valence-electron chi connectivity index (χ4n) is 8.02. The normalized spacial score (nSPS) is 26.5. The Morgan fingerprint density at radius 3 is 2.33 bits per heavy atom. The molecule has 1 aromatic carbocycles. The van der Waals surface area contributed by atoms with Gasteiger partial charge in [-0.1, -0.05) is 0 Å². The summed E-state index contributed by atoms with van der Waals surface area (Å²) in [4.78, 5) is 47.6. The molecule has 0 unspecified atom stereocenters. The maximum absolute atomic E-state index is 14.2. The maximum Gasteiger partial charge on any atom is 0.255 e. The Bertz CT molecular complexity index is 1740. The first kappa shape index (κ1) is 33.7. The SMILES string of the molecule is CN(C)c1cc(-c2ccc(CN3CCN(CCO)CC3)o2)c(O)c2c1C[C@H]1C[C@H]3[C@H](N(C)C)C(=O)C(C(N)=O)=C(O)[C@@]3(O)C(=O)C1=C2O. The standard InChI is InChI=1S/C34H43N5O9/c1-36(2)22-15-20(23-6-5-18(48-23)16-39-9-7-38(8-10-39)11-12-40)28(41)25-19(22)13-17-14-21-27(37(3)4)30(43)26(33(35)46)32(45)34(21,47)31(44)24(17)29(25)42/h5-6,15,17,21,27,40-42,45,47H,7-14,16H2,1-4H3,(H2,35,46)/t17-,21-,27-,34-/m0/s1. The number of piperazine rings is 1. The number of aliphatic hydroxyl groups excluding tert-OH is 3. The van der Waals surface area contributed by atoms with Gasteiger partial charge in [0.05, 0.1) is 30.3 Å². The van der Waals surface area contributed by atoms with Crippen LogP contribution in [0.4, 0.5) is 5.69 Å². The van der Waals surface area contributed by atoms with Crippen molar-refractivity contribution in [2.24, 2.45) is 17.6 Å². The van der Waals surface area contributed by atoms with E-state index in [-0.39, 0.29) is 41.9 Å². The van der Waals surface area contributed by atoms with Crippen molar-refractivity contribution in [2.75, 3.05) is 72.4 Å². The van der Waals surface area contributed by atoms with E-state index in [4.69, 9.17) is 10.2 Å². The number of phenolic OH excluding ortho intramolecular Hbond substituents is 1. The number of phenols is 1. The van der Waals surface area contributed by atoms with Crippen LogP contribution < -0.4 is 10.6 Å². The van der Waals surface area contributed by atoms with E-state index in [1.807, 2.05) is 25.1 Å². The summed E-state index contributed by atoms with van der Waals surface area (Å²) in [7, 11) is 6.77. The minimum Gasteiger partial charge on any atom is -0.508 e. The van der Waals surface area contributed by atoms with Crippen LogP contribution in [0.15, 0.2) is 39.5 Å². The number of benzene rings is 1. The lowest BCUT2D eigenvalue weighted by molar-refractivity contribution is -0.153. The molecule has 1 aliphatic heterocycles. The van der Waals surface area contributed by atoms with E-state index in [0.29, 0.717) is 35.9 Å². The van der Waals surface area contributed by atoms with Gasteiger partial charge in [0.25, 0.3) is 5.91 Å². The van der Waals surface area contributed by atoms with Crippen LogP contribution in [0.5, 0.6) is 5.75 Å². The number of carbonyl (C=O) groups is 3. The van der Waals surface area contributed by atoms with E-state index in [9.17, 15) is 39.9 Å². The Hall–Kier alpha value is -4.21. The summed E-state index contributed by atoms with van der Waals surface area (Å²) in [5.41, 5.74) is 3.19. The summed E-state index contributed by atoms with van der Waals surface area (Å²) >= 11 is 0. The number of hydrogen-bond acceptors (Lipinski definition) is 13. The second-order valence-corrected chi connectivity index (χ2v) is 13.6. The molecule has 0 radical (unpaired) electrons. The van der Waals surface area contributed by atoms with Crippen molar-refractivity contribution in [3.05, 3.63) is 52.0 Å². The highest BCUT2D eigenvalue weighted by molar-refractivity contribution is 6.24. The molecule has 0 spiro atoms. The Morgan fingerprint density at radius 1 is 1.06 bits per heavy atom. The van der Waals surface area contributed by atoms with Crippen molar-refractivity contribution in [3.63, 3.8) is 0 Å². The lowest BCUT2D eigenvalue weighted by Gasteiger charge is -2.50. The third-order valence-corrected chi connectivity index (χ3v) is 10.4. The van der Waals surface area contributed by atoms with Gasteiger partial charge in [-0.05, 0) is 56.6 Å². The molecule has 4 atom stereocenters. The number of primary amides is 1. The molecule has 7 N–H and O–H groups in total. The molecule has 14 heteroatoms. The number of furan rings is 1. The fourth-order valence-corrected chi connectivity index (χ4v) is 8.02. The molecule has 0 bridgehead atoms. The Balaban J connectivity index is 1.41. The molecule has 1 amide bonds. The molecular formula is C34H43N5O9. The molecule has 2 fully saturated rings. The lowest BCUT2D eigenvalue weighted by Crippen LogP contribution is -2.65. The number of ketones is 2.